The van der Waals surface area contributed by atoms with Crippen LogP contribution in [0, 0.1) is 11.8 Å². The first-order valence-electron chi connectivity index (χ1n) is 9.67. The summed E-state index contributed by atoms with van der Waals surface area (Å²) < 4.78 is 32.3. The van der Waals surface area contributed by atoms with Crippen molar-refractivity contribution in [1.82, 2.24) is 14.5 Å². The number of ether oxygens (including phenoxy) is 1. The van der Waals surface area contributed by atoms with Gasteiger partial charge in [0.25, 0.3) is 0 Å². The normalized spacial score (nSPS) is 28.3. The third-order valence-corrected chi connectivity index (χ3v) is 8.56. The first-order valence-corrected chi connectivity index (χ1v) is 11.5. The van der Waals surface area contributed by atoms with Gasteiger partial charge in [-0.2, -0.15) is 4.31 Å². The molecule has 0 spiro atoms. The molecule has 1 aromatic carbocycles. The summed E-state index contributed by atoms with van der Waals surface area (Å²) in [6, 6.07) is 7.07. The van der Waals surface area contributed by atoms with Crippen LogP contribution in [-0.4, -0.2) is 62.1 Å². The molecule has 0 unspecified atom stereocenters. The first kappa shape index (κ1) is 19.0. The van der Waals surface area contributed by atoms with Crippen LogP contribution in [0.5, 0.6) is 5.75 Å². The molecule has 2 aliphatic carbocycles. The minimum Gasteiger partial charge on any atom is -0.497 e. The SMILES string of the molecule is COc1ccc(S(=O)(=O)N2CCN(C(=S)N[C@H]3C[C@H]4CC[C@H]3C4)CC2)cc1. The molecule has 2 saturated carbocycles. The number of benzene rings is 1. The molecule has 148 valence electrons. The number of hydrogen-bond donors (Lipinski definition) is 1. The fraction of sp³-hybridized carbons (Fsp3) is 0.632. The Bertz CT molecular complexity index is 789. The molecule has 1 heterocycles. The number of hydrogen-bond acceptors (Lipinski definition) is 4. The van der Waals surface area contributed by atoms with E-state index in [4.69, 9.17) is 17.0 Å². The first-order chi connectivity index (χ1) is 13.0. The van der Waals surface area contributed by atoms with Crippen molar-refractivity contribution >= 4 is 27.4 Å². The van der Waals surface area contributed by atoms with Gasteiger partial charge < -0.3 is 15.0 Å². The van der Waals surface area contributed by atoms with Crippen LogP contribution in [0.1, 0.15) is 25.7 Å². The molecule has 3 aliphatic rings. The number of rotatable bonds is 4. The van der Waals surface area contributed by atoms with Gasteiger partial charge in [-0.1, -0.05) is 6.42 Å². The summed E-state index contributed by atoms with van der Waals surface area (Å²) in [5.41, 5.74) is 0. The van der Waals surface area contributed by atoms with Crippen LogP contribution in [0.4, 0.5) is 0 Å². The largest absolute Gasteiger partial charge is 0.497 e. The van der Waals surface area contributed by atoms with Crippen LogP contribution >= 0.6 is 12.2 Å². The fourth-order valence-corrected chi connectivity index (χ4v) is 6.46. The maximum Gasteiger partial charge on any atom is 0.243 e. The Hall–Kier alpha value is -1.38. The van der Waals surface area contributed by atoms with Gasteiger partial charge in [-0.3, -0.25) is 0 Å². The summed E-state index contributed by atoms with van der Waals surface area (Å²) in [7, 11) is -1.91. The van der Waals surface area contributed by atoms with Gasteiger partial charge >= 0.3 is 0 Å². The number of methoxy groups -OCH3 is 1. The van der Waals surface area contributed by atoms with Crippen molar-refractivity contribution in [1.29, 1.82) is 0 Å². The van der Waals surface area contributed by atoms with E-state index in [0.717, 1.165) is 16.9 Å². The third-order valence-electron chi connectivity index (χ3n) is 6.27. The second-order valence-corrected chi connectivity index (χ2v) is 10.1. The zero-order chi connectivity index (χ0) is 19.0. The van der Waals surface area contributed by atoms with Crippen LogP contribution in [0.25, 0.3) is 0 Å². The number of fused-ring (bicyclic) bond motifs is 2. The standard InChI is InChI=1S/C19H27N3O3S2/c1-25-16-4-6-17(7-5-16)27(23,24)22-10-8-21(9-11-22)19(26)20-18-13-14-2-3-15(18)12-14/h4-7,14-15,18H,2-3,8-13H2,1H3,(H,20,26)/t14-,15-,18-/m0/s1. The predicted octanol–water partition coefficient (Wildman–Crippen LogP) is 2.06. The Kier molecular flexibility index (Phi) is 5.31. The van der Waals surface area contributed by atoms with Gasteiger partial charge in [-0.15, -0.1) is 0 Å². The van der Waals surface area contributed by atoms with E-state index in [9.17, 15) is 8.42 Å². The Balaban J connectivity index is 1.33. The van der Waals surface area contributed by atoms with Crippen molar-refractivity contribution in [2.24, 2.45) is 11.8 Å². The maximum absolute atomic E-state index is 12.8. The lowest BCUT2D eigenvalue weighted by Gasteiger charge is -2.37. The number of thiocarbonyl (C=S) groups is 1. The molecule has 0 amide bonds. The Labute approximate surface area is 166 Å². The molecule has 1 aromatic rings. The highest BCUT2D eigenvalue weighted by atomic mass is 32.2. The molecule has 0 aromatic heterocycles. The molecule has 3 fully saturated rings. The van der Waals surface area contributed by atoms with Crippen molar-refractivity contribution in [3.05, 3.63) is 24.3 Å². The summed E-state index contributed by atoms with van der Waals surface area (Å²) in [5, 5.41) is 4.34. The molecule has 8 heteroatoms. The molecule has 27 heavy (non-hydrogen) atoms. The molecule has 4 rings (SSSR count). The number of piperazine rings is 1. The number of nitrogens with zero attached hydrogens (tertiary/aromatic N) is 2. The lowest BCUT2D eigenvalue weighted by atomic mass is 9.95. The highest BCUT2D eigenvalue weighted by Crippen LogP contribution is 2.44. The van der Waals surface area contributed by atoms with Crippen molar-refractivity contribution in [3.8, 4) is 5.75 Å². The molecule has 3 atom stereocenters. The Morgan fingerprint density at radius 3 is 2.37 bits per heavy atom. The zero-order valence-electron chi connectivity index (χ0n) is 15.6. The zero-order valence-corrected chi connectivity index (χ0v) is 17.3. The van der Waals surface area contributed by atoms with E-state index in [-0.39, 0.29) is 0 Å². The molecular formula is C19H27N3O3S2. The molecule has 1 N–H and O–H groups in total. The molecule has 1 saturated heterocycles. The summed E-state index contributed by atoms with van der Waals surface area (Å²) in [5.74, 6) is 2.29. The second kappa shape index (κ2) is 7.56. The highest BCUT2D eigenvalue weighted by Gasteiger charge is 2.40. The van der Waals surface area contributed by atoms with Gasteiger partial charge in [0.05, 0.1) is 12.0 Å². The molecule has 1 aliphatic heterocycles. The van der Waals surface area contributed by atoms with Crippen LogP contribution in [0.2, 0.25) is 0 Å². The lowest BCUT2D eigenvalue weighted by molar-refractivity contribution is 0.258. The minimum atomic E-state index is -3.48. The number of nitrogens with one attached hydrogen (secondary N) is 1. The van der Waals surface area contributed by atoms with E-state index >= 15 is 0 Å². The number of sulfonamides is 1. The summed E-state index contributed by atoms with van der Waals surface area (Å²) in [4.78, 5) is 2.42. The minimum absolute atomic E-state index is 0.305. The van der Waals surface area contributed by atoms with E-state index in [1.54, 1.807) is 35.7 Å². The topological polar surface area (TPSA) is 61.9 Å². The third kappa shape index (κ3) is 3.79. The van der Waals surface area contributed by atoms with Crippen molar-refractivity contribution in [2.45, 2.75) is 36.6 Å². The van der Waals surface area contributed by atoms with Gasteiger partial charge in [-0.05, 0) is 67.6 Å². The Morgan fingerprint density at radius 2 is 1.81 bits per heavy atom. The van der Waals surface area contributed by atoms with Gasteiger partial charge in [0.1, 0.15) is 5.75 Å². The average molecular weight is 410 g/mol. The monoisotopic (exact) mass is 409 g/mol. The van der Waals surface area contributed by atoms with E-state index in [1.165, 1.54) is 25.7 Å². The quantitative estimate of drug-likeness (QED) is 0.768. The second-order valence-electron chi connectivity index (χ2n) is 7.80. The average Bonchev–Trinajstić information content (AvgIpc) is 3.31. The predicted molar refractivity (Wildman–Crippen MR) is 108 cm³/mol. The molecule has 0 radical (unpaired) electrons. The summed E-state index contributed by atoms with van der Waals surface area (Å²) in [6.07, 6.45) is 5.26. The van der Waals surface area contributed by atoms with Gasteiger partial charge in [0, 0.05) is 32.2 Å². The molecule has 6 nitrogen and oxygen atoms in total. The van der Waals surface area contributed by atoms with Gasteiger partial charge in [-0.25, -0.2) is 8.42 Å². The van der Waals surface area contributed by atoms with Gasteiger partial charge in [0.15, 0.2) is 5.11 Å². The maximum atomic E-state index is 12.8. The van der Waals surface area contributed by atoms with Crippen molar-refractivity contribution in [2.75, 3.05) is 33.3 Å². The van der Waals surface area contributed by atoms with Crippen molar-refractivity contribution in [3.63, 3.8) is 0 Å². The highest BCUT2D eigenvalue weighted by molar-refractivity contribution is 7.89. The van der Waals surface area contributed by atoms with E-state index in [2.05, 4.69) is 10.2 Å². The summed E-state index contributed by atoms with van der Waals surface area (Å²) >= 11 is 5.61. The van der Waals surface area contributed by atoms with Crippen LogP contribution in [0.3, 0.4) is 0 Å². The van der Waals surface area contributed by atoms with Crippen molar-refractivity contribution < 1.29 is 13.2 Å². The van der Waals surface area contributed by atoms with Crippen LogP contribution in [-0.2, 0) is 10.0 Å². The van der Waals surface area contributed by atoms with E-state index < -0.39 is 10.0 Å². The van der Waals surface area contributed by atoms with Crippen LogP contribution < -0.4 is 10.1 Å². The molecular weight excluding hydrogens is 382 g/mol. The van der Waals surface area contributed by atoms with E-state index in [0.29, 0.717) is 42.9 Å². The Morgan fingerprint density at radius 1 is 1.11 bits per heavy atom. The smallest absolute Gasteiger partial charge is 0.243 e. The fourth-order valence-electron chi connectivity index (χ4n) is 4.70. The molecule has 2 bridgehead atoms. The summed E-state index contributed by atoms with van der Waals surface area (Å²) in [6.45, 7) is 2.16. The lowest BCUT2D eigenvalue weighted by Crippen LogP contribution is -2.54. The van der Waals surface area contributed by atoms with Crippen LogP contribution in [0.15, 0.2) is 29.2 Å². The van der Waals surface area contributed by atoms with E-state index in [1.807, 2.05) is 0 Å². The van der Waals surface area contributed by atoms with Gasteiger partial charge in [0.2, 0.25) is 10.0 Å².